The van der Waals surface area contributed by atoms with Gasteiger partial charge in [-0.3, -0.25) is 14.4 Å². The molecular weight excluding hydrogens is 594 g/mol. The monoisotopic (exact) mass is 625 g/mol. The molecule has 0 spiro atoms. The standard InChI is InChI=1S/C30H32BrN3O5S/c1-21(2)32-29(36)26(19-22-10-4-3-5-11-22)33(20-23-12-8-13-24(31)18-23)28(35)16-9-17-34-30(37)25-14-6-7-15-27(25)40(34,38)39/h3-8,10-15,18,21,26H,9,16-17,19-20H2,1-2H3,(H,32,36)/t26-/m1/s1. The molecule has 1 atom stereocenters. The van der Waals surface area contributed by atoms with Crippen molar-refractivity contribution in [2.45, 2.75) is 56.6 Å². The van der Waals surface area contributed by atoms with Crippen molar-refractivity contribution >= 4 is 43.7 Å². The van der Waals surface area contributed by atoms with Crippen LogP contribution in [0.3, 0.4) is 0 Å². The zero-order valence-corrected chi connectivity index (χ0v) is 24.8. The molecule has 0 aromatic heterocycles. The van der Waals surface area contributed by atoms with Crippen molar-refractivity contribution < 1.29 is 22.8 Å². The second kappa shape index (κ2) is 12.8. The zero-order chi connectivity index (χ0) is 28.9. The summed E-state index contributed by atoms with van der Waals surface area (Å²) < 4.78 is 27.5. The van der Waals surface area contributed by atoms with E-state index in [1.54, 1.807) is 17.0 Å². The molecule has 0 fully saturated rings. The van der Waals surface area contributed by atoms with Crippen LogP contribution in [0.15, 0.2) is 88.2 Å². The van der Waals surface area contributed by atoms with Gasteiger partial charge in [0, 0.05) is 36.4 Å². The average Bonchev–Trinajstić information content (AvgIpc) is 3.11. The Morgan fingerprint density at radius 2 is 1.62 bits per heavy atom. The third-order valence-electron chi connectivity index (χ3n) is 6.61. The van der Waals surface area contributed by atoms with Crippen molar-refractivity contribution in [3.63, 3.8) is 0 Å². The molecule has 1 aliphatic rings. The maximum atomic E-state index is 13.8. The Hall–Kier alpha value is -3.50. The number of nitrogens with zero attached hydrogens (tertiary/aromatic N) is 2. The Morgan fingerprint density at radius 3 is 2.30 bits per heavy atom. The molecule has 3 amide bonds. The molecule has 0 unspecified atom stereocenters. The first-order valence-electron chi connectivity index (χ1n) is 13.1. The van der Waals surface area contributed by atoms with Gasteiger partial charge in [0.15, 0.2) is 0 Å². The van der Waals surface area contributed by atoms with E-state index in [4.69, 9.17) is 0 Å². The van der Waals surface area contributed by atoms with Crippen molar-refractivity contribution in [2.24, 2.45) is 0 Å². The first-order valence-corrected chi connectivity index (χ1v) is 15.4. The number of carbonyl (C=O) groups is 3. The summed E-state index contributed by atoms with van der Waals surface area (Å²) in [6, 6.07) is 22.2. The molecule has 210 valence electrons. The number of halogens is 1. The fraction of sp³-hybridized carbons (Fsp3) is 0.300. The Morgan fingerprint density at radius 1 is 0.950 bits per heavy atom. The molecule has 0 saturated carbocycles. The second-order valence-electron chi connectivity index (χ2n) is 10.0. The highest BCUT2D eigenvalue weighted by Crippen LogP contribution is 2.30. The molecule has 0 radical (unpaired) electrons. The number of amides is 3. The van der Waals surface area contributed by atoms with Gasteiger partial charge in [-0.25, -0.2) is 12.7 Å². The summed E-state index contributed by atoms with van der Waals surface area (Å²) in [4.78, 5) is 41.6. The third-order valence-corrected chi connectivity index (χ3v) is 8.94. The van der Waals surface area contributed by atoms with Crippen LogP contribution in [-0.2, 0) is 32.6 Å². The first-order chi connectivity index (χ1) is 19.1. The molecule has 0 bridgehead atoms. The van der Waals surface area contributed by atoms with Gasteiger partial charge < -0.3 is 10.2 Å². The van der Waals surface area contributed by atoms with E-state index >= 15 is 0 Å². The average molecular weight is 627 g/mol. The van der Waals surface area contributed by atoms with E-state index in [-0.39, 0.29) is 54.2 Å². The molecule has 3 aromatic carbocycles. The minimum Gasteiger partial charge on any atom is -0.352 e. The van der Waals surface area contributed by atoms with Crippen LogP contribution in [-0.4, -0.2) is 54.0 Å². The van der Waals surface area contributed by atoms with Gasteiger partial charge in [0.25, 0.3) is 15.9 Å². The van der Waals surface area contributed by atoms with Crippen LogP contribution in [0.5, 0.6) is 0 Å². The fourth-order valence-corrected chi connectivity index (χ4v) is 6.79. The Kier molecular flexibility index (Phi) is 9.42. The highest BCUT2D eigenvalue weighted by molar-refractivity contribution is 9.10. The van der Waals surface area contributed by atoms with E-state index in [9.17, 15) is 22.8 Å². The summed E-state index contributed by atoms with van der Waals surface area (Å²) in [5, 5.41) is 2.95. The van der Waals surface area contributed by atoms with Crippen molar-refractivity contribution in [3.05, 3.63) is 100 Å². The van der Waals surface area contributed by atoms with E-state index < -0.39 is 22.0 Å². The topological polar surface area (TPSA) is 104 Å². The van der Waals surface area contributed by atoms with Crippen molar-refractivity contribution in [3.8, 4) is 0 Å². The quantitative estimate of drug-likeness (QED) is 0.337. The van der Waals surface area contributed by atoms with Gasteiger partial charge in [0.05, 0.1) is 5.56 Å². The summed E-state index contributed by atoms with van der Waals surface area (Å²) >= 11 is 3.47. The fourth-order valence-electron chi connectivity index (χ4n) is 4.74. The molecule has 3 aromatic rings. The Bertz CT molecular complexity index is 1490. The largest absolute Gasteiger partial charge is 0.352 e. The van der Waals surface area contributed by atoms with Crippen LogP contribution < -0.4 is 5.32 Å². The minimum atomic E-state index is -3.96. The van der Waals surface area contributed by atoms with Crippen LogP contribution in [0.25, 0.3) is 0 Å². The molecule has 1 N–H and O–H groups in total. The lowest BCUT2D eigenvalue weighted by atomic mass is 10.0. The van der Waals surface area contributed by atoms with Crippen LogP contribution in [0.1, 0.15) is 48.2 Å². The van der Waals surface area contributed by atoms with Gasteiger partial charge in [-0.15, -0.1) is 0 Å². The van der Waals surface area contributed by atoms with Gasteiger partial charge in [-0.05, 0) is 55.7 Å². The van der Waals surface area contributed by atoms with Crippen molar-refractivity contribution in [1.82, 2.24) is 14.5 Å². The van der Waals surface area contributed by atoms with E-state index in [1.165, 1.54) is 12.1 Å². The zero-order valence-electron chi connectivity index (χ0n) is 22.4. The number of nitrogens with one attached hydrogen (secondary N) is 1. The van der Waals surface area contributed by atoms with Crippen LogP contribution in [0.2, 0.25) is 0 Å². The molecular formula is C30H32BrN3O5S. The first kappa shape index (κ1) is 29.5. The minimum absolute atomic E-state index is 0.0177. The van der Waals surface area contributed by atoms with Crippen molar-refractivity contribution in [2.75, 3.05) is 6.54 Å². The predicted octanol–water partition coefficient (Wildman–Crippen LogP) is 4.54. The number of benzene rings is 3. The number of carbonyl (C=O) groups excluding carboxylic acids is 3. The number of hydrogen-bond donors (Lipinski definition) is 1. The predicted molar refractivity (Wildman–Crippen MR) is 156 cm³/mol. The van der Waals surface area contributed by atoms with Gasteiger partial charge in [-0.2, -0.15) is 0 Å². The second-order valence-corrected chi connectivity index (χ2v) is 12.7. The molecule has 4 rings (SSSR count). The SMILES string of the molecule is CC(C)NC(=O)[C@@H](Cc1ccccc1)N(Cc1cccc(Br)c1)C(=O)CCCN1C(=O)c2ccccc2S1(=O)=O. The third kappa shape index (κ3) is 6.79. The lowest BCUT2D eigenvalue weighted by Crippen LogP contribution is -2.51. The smallest absolute Gasteiger partial charge is 0.269 e. The van der Waals surface area contributed by atoms with E-state index in [0.717, 1.165) is 19.9 Å². The molecule has 8 nitrogen and oxygen atoms in total. The molecule has 0 aliphatic carbocycles. The van der Waals surface area contributed by atoms with E-state index in [2.05, 4.69) is 21.2 Å². The number of rotatable bonds is 11. The molecule has 0 saturated heterocycles. The number of fused-ring (bicyclic) bond motifs is 1. The lowest BCUT2D eigenvalue weighted by Gasteiger charge is -2.32. The molecule has 1 heterocycles. The molecule has 1 aliphatic heterocycles. The molecule has 10 heteroatoms. The number of sulfonamides is 1. The van der Waals surface area contributed by atoms with Gasteiger partial charge >= 0.3 is 0 Å². The highest BCUT2D eigenvalue weighted by atomic mass is 79.9. The van der Waals surface area contributed by atoms with E-state index in [1.807, 2.05) is 68.4 Å². The van der Waals surface area contributed by atoms with Crippen molar-refractivity contribution in [1.29, 1.82) is 0 Å². The van der Waals surface area contributed by atoms with Gasteiger partial charge in [0.1, 0.15) is 10.9 Å². The Balaban J connectivity index is 1.57. The van der Waals surface area contributed by atoms with E-state index in [0.29, 0.717) is 6.42 Å². The lowest BCUT2D eigenvalue weighted by molar-refractivity contribution is -0.141. The van der Waals surface area contributed by atoms with Crippen LogP contribution in [0, 0.1) is 0 Å². The van der Waals surface area contributed by atoms with Crippen LogP contribution in [0.4, 0.5) is 0 Å². The number of hydrogen-bond acceptors (Lipinski definition) is 5. The normalized spacial score (nSPS) is 14.6. The summed E-state index contributed by atoms with van der Waals surface area (Å²) in [6.45, 7) is 3.79. The van der Waals surface area contributed by atoms with Gasteiger partial charge in [-0.1, -0.05) is 70.5 Å². The maximum Gasteiger partial charge on any atom is 0.269 e. The van der Waals surface area contributed by atoms with Crippen LogP contribution >= 0.6 is 15.9 Å². The molecule has 40 heavy (non-hydrogen) atoms. The summed E-state index contributed by atoms with van der Waals surface area (Å²) in [5.41, 5.74) is 1.88. The van der Waals surface area contributed by atoms with Gasteiger partial charge in [0.2, 0.25) is 11.8 Å². The highest BCUT2D eigenvalue weighted by Gasteiger charge is 2.40. The summed E-state index contributed by atoms with van der Waals surface area (Å²) in [7, 11) is -3.96. The summed E-state index contributed by atoms with van der Waals surface area (Å²) in [6.07, 6.45) is 0.397. The Labute approximate surface area is 243 Å². The summed E-state index contributed by atoms with van der Waals surface area (Å²) in [5.74, 6) is -1.16. The maximum absolute atomic E-state index is 13.8.